The van der Waals surface area contributed by atoms with Crippen molar-refractivity contribution >= 4 is 35.0 Å². The Balaban J connectivity index is 1.44. The Labute approximate surface area is 243 Å². The molecular weight excluding hydrogens is 544 g/mol. The number of hydrogen-bond donors (Lipinski definition) is 3. The van der Waals surface area contributed by atoms with Crippen molar-refractivity contribution in [1.82, 2.24) is 15.5 Å². The number of fused-ring (bicyclic) bond motifs is 1. The summed E-state index contributed by atoms with van der Waals surface area (Å²) < 4.78 is 16.7. The van der Waals surface area contributed by atoms with Gasteiger partial charge >= 0.3 is 0 Å². The lowest BCUT2D eigenvalue weighted by molar-refractivity contribution is -0.137. The van der Waals surface area contributed by atoms with Crippen LogP contribution in [0.25, 0.3) is 0 Å². The fraction of sp³-hybridized carbons (Fsp3) is 0.448. The highest BCUT2D eigenvalue weighted by molar-refractivity contribution is 6.06. The van der Waals surface area contributed by atoms with Crippen molar-refractivity contribution in [2.24, 2.45) is 16.0 Å². The highest BCUT2D eigenvalue weighted by atomic mass is 16.5. The van der Waals surface area contributed by atoms with Crippen LogP contribution in [0.4, 0.5) is 11.4 Å². The summed E-state index contributed by atoms with van der Waals surface area (Å²) in [6.07, 6.45) is 4.32. The van der Waals surface area contributed by atoms with Crippen molar-refractivity contribution in [3.63, 3.8) is 0 Å². The van der Waals surface area contributed by atoms with E-state index in [-0.39, 0.29) is 49.5 Å². The van der Waals surface area contributed by atoms with Crippen molar-refractivity contribution in [1.29, 1.82) is 0 Å². The number of carbonyl (C=O) groups excluding carboxylic acids is 4. The minimum absolute atomic E-state index is 0.171. The molecule has 0 aromatic heterocycles. The van der Waals surface area contributed by atoms with Gasteiger partial charge in [0.05, 0.1) is 25.6 Å². The fourth-order valence-corrected chi connectivity index (χ4v) is 4.88. The van der Waals surface area contributed by atoms with Gasteiger partial charge in [0.15, 0.2) is 18.1 Å². The number of carbonyl (C=O) groups is 4. The van der Waals surface area contributed by atoms with E-state index in [1.165, 1.54) is 19.1 Å². The third kappa shape index (κ3) is 7.21. The van der Waals surface area contributed by atoms with Crippen LogP contribution in [-0.2, 0) is 20.9 Å². The van der Waals surface area contributed by atoms with E-state index in [1.807, 2.05) is 0 Å². The lowest BCUT2D eigenvalue weighted by atomic mass is 10.0. The van der Waals surface area contributed by atoms with Gasteiger partial charge in [-0.2, -0.15) is 10.2 Å². The highest BCUT2D eigenvalue weighted by Gasteiger charge is 2.39. The Morgan fingerprint density at radius 2 is 1.81 bits per heavy atom. The Morgan fingerprint density at radius 1 is 1.07 bits per heavy atom. The number of piperidine rings is 1. The second kappa shape index (κ2) is 14.4. The maximum atomic E-state index is 13.1. The molecule has 2 aromatic carbocycles. The van der Waals surface area contributed by atoms with Gasteiger partial charge in [-0.1, -0.05) is 18.9 Å². The molecule has 0 saturated carbocycles. The maximum Gasteiger partial charge on any atom is 0.257 e. The minimum Gasteiger partial charge on any atom is -0.493 e. The largest absolute Gasteiger partial charge is 0.493 e. The number of imide groups is 1. The van der Waals surface area contributed by atoms with Crippen LogP contribution >= 0.6 is 0 Å². The van der Waals surface area contributed by atoms with Crippen molar-refractivity contribution < 1.29 is 33.4 Å². The van der Waals surface area contributed by atoms with Crippen LogP contribution in [0.15, 0.2) is 40.6 Å². The Kier molecular flexibility index (Phi) is 10.4. The van der Waals surface area contributed by atoms with E-state index in [9.17, 15) is 19.2 Å². The Bertz CT molecular complexity index is 1340. The summed E-state index contributed by atoms with van der Waals surface area (Å²) in [5.74, 6) is -0.524. The van der Waals surface area contributed by atoms with Gasteiger partial charge in [-0.25, -0.2) is 0 Å². The van der Waals surface area contributed by atoms with Gasteiger partial charge in [0, 0.05) is 42.8 Å². The predicted molar refractivity (Wildman–Crippen MR) is 152 cm³/mol. The summed E-state index contributed by atoms with van der Waals surface area (Å²) in [6, 6.07) is 7.58. The molecule has 13 heteroatoms. The lowest BCUT2D eigenvalue weighted by Gasteiger charge is -2.29. The number of benzene rings is 2. The first-order valence-corrected chi connectivity index (χ1v) is 13.9. The molecule has 0 spiro atoms. The summed E-state index contributed by atoms with van der Waals surface area (Å²) in [5, 5.41) is 13.8. The number of rotatable bonds is 14. The molecule has 2 aliphatic heterocycles. The van der Waals surface area contributed by atoms with Crippen LogP contribution in [0.1, 0.15) is 54.4 Å². The van der Waals surface area contributed by atoms with Crippen LogP contribution < -0.4 is 30.6 Å². The highest BCUT2D eigenvalue weighted by Crippen LogP contribution is 2.42. The van der Waals surface area contributed by atoms with Crippen molar-refractivity contribution in [2.75, 3.05) is 33.9 Å². The number of nitrogens with zero attached hydrogens (tertiary/aromatic N) is 3. The first-order chi connectivity index (χ1) is 20.4. The monoisotopic (exact) mass is 580 g/mol. The molecular formula is C29H36N6O7. The maximum absolute atomic E-state index is 13.1. The summed E-state index contributed by atoms with van der Waals surface area (Å²) in [4.78, 5) is 50.7. The van der Waals surface area contributed by atoms with E-state index >= 15 is 0 Å². The summed E-state index contributed by atoms with van der Waals surface area (Å²) in [7, 11) is 2.92. The van der Waals surface area contributed by atoms with Crippen molar-refractivity contribution in [3.05, 3.63) is 41.5 Å². The molecule has 224 valence electrons. The molecule has 13 nitrogen and oxygen atoms in total. The molecule has 2 aromatic rings. The van der Waals surface area contributed by atoms with Gasteiger partial charge in [-0.3, -0.25) is 24.5 Å². The van der Waals surface area contributed by atoms with Crippen LogP contribution in [-0.4, -0.2) is 68.5 Å². The molecule has 4 N–H and O–H groups in total. The summed E-state index contributed by atoms with van der Waals surface area (Å²) in [6.45, 7) is 1.18. The number of azo groups is 1. The molecule has 0 radical (unpaired) electrons. The van der Waals surface area contributed by atoms with Crippen molar-refractivity contribution in [2.45, 2.75) is 51.1 Å². The molecule has 1 atom stereocenters. The van der Waals surface area contributed by atoms with Crippen LogP contribution in [0.2, 0.25) is 0 Å². The van der Waals surface area contributed by atoms with Gasteiger partial charge in [0.25, 0.3) is 11.8 Å². The molecule has 42 heavy (non-hydrogen) atoms. The Morgan fingerprint density at radius 3 is 2.50 bits per heavy atom. The number of methoxy groups -OCH3 is 2. The molecule has 2 aliphatic rings. The van der Waals surface area contributed by atoms with E-state index in [2.05, 4.69) is 20.9 Å². The van der Waals surface area contributed by atoms with E-state index in [0.29, 0.717) is 47.1 Å². The number of hydrogen-bond acceptors (Lipinski definition) is 10. The average Bonchev–Trinajstić information content (AvgIpc) is 3.32. The van der Waals surface area contributed by atoms with Crippen LogP contribution in [0.3, 0.4) is 0 Å². The number of ether oxygens (including phenoxy) is 3. The van der Waals surface area contributed by atoms with Crippen molar-refractivity contribution in [3.8, 4) is 17.2 Å². The fourth-order valence-electron chi connectivity index (χ4n) is 4.88. The van der Waals surface area contributed by atoms with Gasteiger partial charge in [-0.15, -0.1) is 0 Å². The van der Waals surface area contributed by atoms with Gasteiger partial charge < -0.3 is 30.2 Å². The molecule has 1 fully saturated rings. The molecule has 1 saturated heterocycles. The smallest absolute Gasteiger partial charge is 0.257 e. The van der Waals surface area contributed by atoms with E-state index < -0.39 is 11.9 Å². The zero-order valence-electron chi connectivity index (χ0n) is 23.8. The summed E-state index contributed by atoms with van der Waals surface area (Å²) >= 11 is 0. The minimum atomic E-state index is -0.725. The van der Waals surface area contributed by atoms with E-state index in [1.54, 1.807) is 30.3 Å². The molecule has 1 unspecified atom stereocenters. The second-order valence-electron chi connectivity index (χ2n) is 9.92. The zero-order valence-corrected chi connectivity index (χ0v) is 23.8. The quantitative estimate of drug-likeness (QED) is 0.174. The van der Waals surface area contributed by atoms with Crippen LogP contribution in [0.5, 0.6) is 17.2 Å². The SMILES string of the molecule is COc1cc(N=Nc2cccc3c2CN(C2CCC(=O)NC2=O)C3=O)cc(OC)c1OCC(=O)NCCCCCCN. The van der Waals surface area contributed by atoms with Gasteiger partial charge in [0.2, 0.25) is 17.6 Å². The predicted octanol–water partition coefficient (Wildman–Crippen LogP) is 2.89. The lowest BCUT2D eigenvalue weighted by Crippen LogP contribution is -2.52. The van der Waals surface area contributed by atoms with E-state index in [4.69, 9.17) is 19.9 Å². The van der Waals surface area contributed by atoms with Gasteiger partial charge in [-0.05, 0) is 37.9 Å². The summed E-state index contributed by atoms with van der Waals surface area (Å²) in [5.41, 5.74) is 7.43. The molecule has 4 amide bonds. The van der Waals surface area contributed by atoms with E-state index in [0.717, 1.165) is 25.7 Å². The molecule has 0 bridgehead atoms. The first kappa shape index (κ1) is 30.4. The molecule has 4 rings (SSSR count). The van der Waals surface area contributed by atoms with Gasteiger partial charge in [0.1, 0.15) is 6.04 Å². The molecule has 2 heterocycles. The normalized spacial score (nSPS) is 16.4. The third-order valence-corrected chi connectivity index (χ3v) is 7.08. The molecule has 0 aliphatic carbocycles. The third-order valence-electron chi connectivity index (χ3n) is 7.08. The first-order valence-electron chi connectivity index (χ1n) is 13.9. The number of amides is 4. The number of unbranched alkanes of at least 4 members (excludes halogenated alkanes) is 3. The number of nitrogens with two attached hydrogens (primary N) is 1. The topological polar surface area (TPSA) is 174 Å². The number of nitrogens with one attached hydrogen (secondary N) is 2. The van der Waals surface area contributed by atoms with Crippen LogP contribution in [0, 0.1) is 0 Å². The second-order valence-corrected chi connectivity index (χ2v) is 9.92. The standard InChI is InChI=1S/C29H36N6O7/c1-40-23-14-18(15-24(41-2)27(23)42-17-26(37)31-13-6-4-3-5-12-30)33-34-21-9-7-8-19-20(21)16-35(29(19)39)22-10-11-25(36)32-28(22)38/h7-9,14-15,22H,3-6,10-13,16-17,30H2,1-2H3,(H,31,37)(H,32,36,38). The average molecular weight is 581 g/mol. The Hall–Kier alpha value is -4.52. The zero-order chi connectivity index (χ0) is 30.1.